The molecule has 0 aliphatic heterocycles. The van der Waals surface area contributed by atoms with Crippen molar-refractivity contribution in [1.29, 1.82) is 0 Å². The minimum absolute atomic E-state index is 1.61. The summed E-state index contributed by atoms with van der Waals surface area (Å²) >= 11 is 1.61. The third-order valence-electron chi connectivity index (χ3n) is 0.566. The molecule has 0 unspecified atom stereocenters. The van der Waals surface area contributed by atoms with Crippen LogP contribution in [0.15, 0.2) is 30.6 Å². The molecule has 1 rings (SSSR count). The number of hydrogen-bond acceptors (Lipinski definition) is 1. The smallest absolute Gasteiger partial charge is 0.0267 e. The van der Waals surface area contributed by atoms with Gasteiger partial charge < -0.3 is 0 Å². The maximum atomic E-state index is 4.61. The summed E-state index contributed by atoms with van der Waals surface area (Å²) in [6.07, 6.45) is 3.50. The normalized spacial score (nSPS) is 6.88. The van der Waals surface area contributed by atoms with E-state index in [4.69, 9.17) is 0 Å². The summed E-state index contributed by atoms with van der Waals surface area (Å²) in [4.78, 5) is 3.78. The average molecular weight is 310 g/mol. The van der Waals surface area contributed by atoms with Crippen molar-refractivity contribution in [2.45, 2.75) is 0 Å². The van der Waals surface area contributed by atoms with Crippen LogP contribution in [0.4, 0.5) is 0 Å². The molecule has 0 saturated heterocycles. The van der Waals surface area contributed by atoms with E-state index in [9.17, 15) is 0 Å². The van der Waals surface area contributed by atoms with Gasteiger partial charge in [-0.2, -0.15) is 0 Å². The van der Waals surface area contributed by atoms with Gasteiger partial charge in [-0.15, -0.1) is 0 Å². The van der Waals surface area contributed by atoms with Gasteiger partial charge >= 0.3 is 28.2 Å². The largest absolute Gasteiger partial charge is 0.265 e. The Morgan fingerprint density at radius 1 is 1.00 bits per heavy atom. The summed E-state index contributed by atoms with van der Waals surface area (Å²) in [5.74, 6) is 0. The molecule has 0 atom stereocenters. The summed E-state index contributed by atoms with van der Waals surface area (Å²) in [6.45, 7) is 0. The molecule has 0 aliphatic carbocycles. The molecule has 1 heterocycles. The van der Waals surface area contributed by atoms with E-state index < -0.39 is 0 Å². The molecule has 0 radical (unpaired) electrons. The van der Waals surface area contributed by atoms with E-state index in [1.54, 1.807) is 31.2 Å². The zero-order valence-corrected chi connectivity index (χ0v) is 7.06. The van der Waals surface area contributed by atoms with Gasteiger partial charge in [-0.05, 0) is 12.1 Å². The second-order valence-corrected chi connectivity index (χ2v) is 1.02. The van der Waals surface area contributed by atoms with Crippen LogP contribution >= 0.6 is 9.42 Å². The van der Waals surface area contributed by atoms with Crippen molar-refractivity contribution < 1.29 is 18.8 Å². The Bertz CT molecular complexity index is 84.4. The third-order valence-corrected chi connectivity index (χ3v) is 0.566. The van der Waals surface area contributed by atoms with Crippen LogP contribution in [0.25, 0.3) is 0 Å². The molecule has 0 fully saturated rings. The van der Waals surface area contributed by atoms with Crippen molar-refractivity contribution in [2.24, 2.45) is 0 Å². The number of aromatic nitrogens is 1. The molecule has 0 amide bonds. The topological polar surface area (TPSA) is 12.9 Å². The van der Waals surface area contributed by atoms with Crippen LogP contribution in [-0.2, 0) is 18.8 Å². The number of nitrogens with zero attached hydrogens (tertiary/aromatic N) is 1. The summed E-state index contributed by atoms with van der Waals surface area (Å²) in [7, 11) is 4.61. The molecule has 3 heteroatoms. The van der Waals surface area contributed by atoms with Gasteiger partial charge in [0.25, 0.3) is 0 Å². The maximum absolute atomic E-state index is 4.61. The summed E-state index contributed by atoms with van der Waals surface area (Å²) < 4.78 is 0. The molecule has 1 aromatic heterocycles. The predicted molar refractivity (Wildman–Crippen MR) is 30.1 cm³/mol. The average Bonchev–Trinajstić information content (AvgIpc) is 1.96. The summed E-state index contributed by atoms with van der Waals surface area (Å²) in [5.41, 5.74) is 0. The van der Waals surface area contributed by atoms with E-state index in [0.29, 0.717) is 0 Å². The molecule has 0 aromatic carbocycles. The second-order valence-electron chi connectivity index (χ2n) is 1.02. The number of pyridine rings is 1. The fourth-order valence-electron chi connectivity index (χ4n) is 0.313. The minimum Gasteiger partial charge on any atom is -0.265 e. The Hall–Kier alpha value is 0.128. The van der Waals surface area contributed by atoms with Crippen molar-refractivity contribution in [3.63, 3.8) is 0 Å². The predicted octanol–water partition coefficient (Wildman–Crippen LogP) is 1.77. The quantitative estimate of drug-likeness (QED) is 0.712. The SMILES string of the molecule is [Cl][Pt].c1ccncc1. The van der Waals surface area contributed by atoms with Crippen molar-refractivity contribution >= 4 is 9.42 Å². The van der Waals surface area contributed by atoms with E-state index in [-0.39, 0.29) is 0 Å². The molecule has 47 valence electrons. The van der Waals surface area contributed by atoms with Gasteiger partial charge in [-0.3, -0.25) is 4.98 Å². The molecule has 1 nitrogen and oxygen atoms in total. The van der Waals surface area contributed by atoms with E-state index in [1.165, 1.54) is 0 Å². The minimum atomic E-state index is 1.61. The summed E-state index contributed by atoms with van der Waals surface area (Å²) in [6, 6.07) is 5.72. The van der Waals surface area contributed by atoms with Crippen LogP contribution in [0.5, 0.6) is 0 Å². The van der Waals surface area contributed by atoms with E-state index in [1.807, 2.05) is 18.2 Å². The Balaban J connectivity index is 0.000000222. The van der Waals surface area contributed by atoms with Gasteiger partial charge in [0.2, 0.25) is 0 Å². The van der Waals surface area contributed by atoms with Gasteiger partial charge in [0.1, 0.15) is 0 Å². The summed E-state index contributed by atoms with van der Waals surface area (Å²) in [5, 5.41) is 0. The zero-order chi connectivity index (χ0) is 6.24. The van der Waals surface area contributed by atoms with E-state index in [2.05, 4.69) is 14.4 Å². The molecule has 0 bridgehead atoms. The molecule has 1 aromatic rings. The Kier molecular flexibility index (Phi) is 7.24. The first kappa shape index (κ1) is 8.13. The van der Waals surface area contributed by atoms with Crippen LogP contribution in [0.2, 0.25) is 0 Å². The first-order valence-corrected chi connectivity index (χ1v) is 4.78. The molecular weight excluding hydrogens is 305 g/mol. The molecule has 0 N–H and O–H groups in total. The Morgan fingerprint density at radius 3 is 1.62 bits per heavy atom. The van der Waals surface area contributed by atoms with Crippen molar-refractivity contribution in [3.05, 3.63) is 30.6 Å². The number of rotatable bonds is 0. The third kappa shape index (κ3) is 4.29. The first-order valence-electron chi connectivity index (χ1n) is 1.97. The van der Waals surface area contributed by atoms with Gasteiger partial charge in [0, 0.05) is 12.4 Å². The van der Waals surface area contributed by atoms with Crippen LogP contribution < -0.4 is 0 Å². The van der Waals surface area contributed by atoms with Crippen molar-refractivity contribution in [3.8, 4) is 0 Å². The monoisotopic (exact) mass is 309 g/mol. The number of hydrogen-bond donors (Lipinski definition) is 0. The van der Waals surface area contributed by atoms with Crippen LogP contribution in [-0.4, -0.2) is 4.98 Å². The molecule has 0 spiro atoms. The van der Waals surface area contributed by atoms with Crippen LogP contribution in [0.1, 0.15) is 0 Å². The molecule has 0 aliphatic rings. The van der Waals surface area contributed by atoms with E-state index >= 15 is 0 Å². The van der Waals surface area contributed by atoms with Crippen LogP contribution in [0, 0.1) is 0 Å². The Labute approximate surface area is 63.9 Å². The zero-order valence-electron chi connectivity index (χ0n) is 4.03. The molecular formula is C5H5ClNPt. The standard InChI is InChI=1S/C5H5N.ClH.Pt/c1-2-4-6-5-3-1;;/h1-5H;1H;/q;;+1/p-1. The molecule has 8 heavy (non-hydrogen) atoms. The van der Waals surface area contributed by atoms with Crippen LogP contribution in [0.3, 0.4) is 0 Å². The fraction of sp³-hybridized carbons (Fsp3) is 0. The maximum Gasteiger partial charge on any atom is 0.0267 e. The van der Waals surface area contributed by atoms with Gasteiger partial charge in [0.15, 0.2) is 0 Å². The van der Waals surface area contributed by atoms with Crippen molar-refractivity contribution in [2.75, 3.05) is 0 Å². The van der Waals surface area contributed by atoms with Gasteiger partial charge in [-0.1, -0.05) is 6.07 Å². The van der Waals surface area contributed by atoms with Crippen molar-refractivity contribution in [1.82, 2.24) is 4.98 Å². The second kappa shape index (κ2) is 7.13. The fourth-order valence-corrected chi connectivity index (χ4v) is 0.313. The van der Waals surface area contributed by atoms with Gasteiger partial charge in [-0.25, -0.2) is 0 Å². The first-order chi connectivity index (χ1) is 4.00. The Morgan fingerprint density at radius 2 is 1.50 bits per heavy atom. The molecule has 0 saturated carbocycles. The van der Waals surface area contributed by atoms with Gasteiger partial charge in [0.05, 0.1) is 0 Å². The van der Waals surface area contributed by atoms with E-state index in [0.717, 1.165) is 0 Å². The number of halogens is 1.